The van der Waals surface area contributed by atoms with Gasteiger partial charge in [-0.3, -0.25) is 0 Å². The molecule has 7 heteroatoms. The standard InChI is InChI=1S/Hg.NO3.2H2O/c;2-1(3)4;;/h;;2*1H2/q+1;-1;;. The van der Waals surface area contributed by atoms with Gasteiger partial charge in [-0.15, -0.1) is 0 Å². The zero-order valence-electron chi connectivity index (χ0n) is 3.38. The third-order valence-corrected chi connectivity index (χ3v) is 0. The van der Waals surface area contributed by atoms with E-state index in [9.17, 15) is 0 Å². The molecule has 0 aromatic carbocycles. The van der Waals surface area contributed by atoms with Gasteiger partial charge < -0.3 is 26.3 Å². The topological polar surface area (TPSA) is 129 Å². The van der Waals surface area contributed by atoms with Crippen molar-refractivity contribution in [1.82, 2.24) is 0 Å². The predicted molar refractivity (Wildman–Crippen MR) is 17.6 cm³/mol. The van der Waals surface area contributed by atoms with Crippen LogP contribution in [0.5, 0.6) is 0 Å². The fourth-order valence-corrected chi connectivity index (χ4v) is 0. The minimum absolute atomic E-state index is 0. The number of hydrogen-bond donors (Lipinski definition) is 0. The van der Waals surface area contributed by atoms with E-state index < -0.39 is 5.09 Å². The molecule has 0 saturated carbocycles. The van der Waals surface area contributed by atoms with Gasteiger partial charge in [-0.2, -0.15) is 0 Å². The summed E-state index contributed by atoms with van der Waals surface area (Å²) < 4.78 is 0. The summed E-state index contributed by atoms with van der Waals surface area (Å²) in [6.07, 6.45) is 0. The van der Waals surface area contributed by atoms with Crippen molar-refractivity contribution in [2.75, 3.05) is 0 Å². The molecule has 0 atom stereocenters. The molecule has 0 aliphatic carbocycles. The van der Waals surface area contributed by atoms with Crippen molar-refractivity contribution < 1.29 is 43.7 Å². The zero-order chi connectivity index (χ0) is 3.58. The maximum atomic E-state index is 8.25. The normalized spacial score (nSPS) is 3.43. The van der Waals surface area contributed by atoms with Crippen molar-refractivity contribution >= 4 is 0 Å². The Balaban J connectivity index is -0.0000000150. The van der Waals surface area contributed by atoms with E-state index in [2.05, 4.69) is 0 Å². The molecule has 6 nitrogen and oxygen atoms in total. The summed E-state index contributed by atoms with van der Waals surface area (Å²) in [7, 11) is 0. The molecule has 0 aliphatic rings. The monoisotopic (exact) mass is 300 g/mol. The molecule has 0 amide bonds. The molecule has 0 aliphatic heterocycles. The first kappa shape index (κ1) is 27.7. The van der Waals surface area contributed by atoms with Gasteiger partial charge in [0.1, 0.15) is 0 Å². The Morgan fingerprint density at radius 3 is 1.14 bits per heavy atom. The van der Waals surface area contributed by atoms with Crippen molar-refractivity contribution in [2.45, 2.75) is 0 Å². The summed E-state index contributed by atoms with van der Waals surface area (Å²) in [5.41, 5.74) is 0. The molecule has 0 spiro atoms. The molecule has 7 heavy (non-hydrogen) atoms. The quantitative estimate of drug-likeness (QED) is 0.294. The minimum Gasteiger partial charge on any atom is -0.412 e. The Morgan fingerprint density at radius 2 is 1.14 bits per heavy atom. The molecule has 0 heterocycles. The molecular formula is H4HgNO5. The third-order valence-electron chi connectivity index (χ3n) is 0. The van der Waals surface area contributed by atoms with Crippen molar-refractivity contribution in [1.29, 1.82) is 0 Å². The molecule has 41 valence electrons. The molecule has 0 rings (SSSR count). The minimum atomic E-state index is -1.75. The molecular weight excluding hydrogens is 295 g/mol. The van der Waals surface area contributed by atoms with Crippen LogP contribution in [0.15, 0.2) is 0 Å². The van der Waals surface area contributed by atoms with Crippen LogP contribution in [0.4, 0.5) is 0 Å². The molecule has 0 saturated heterocycles. The van der Waals surface area contributed by atoms with Crippen LogP contribution >= 0.6 is 0 Å². The Kier molecular flexibility index (Phi) is 65.6. The Bertz CT molecular complexity index is 31.1. The first-order valence-electron chi connectivity index (χ1n) is 0.548. The van der Waals surface area contributed by atoms with Gasteiger partial charge >= 0.3 is 27.7 Å². The van der Waals surface area contributed by atoms with E-state index in [-0.39, 0.29) is 38.6 Å². The first-order chi connectivity index (χ1) is 1.73. The summed E-state index contributed by atoms with van der Waals surface area (Å²) in [5, 5.41) is 14.8. The van der Waals surface area contributed by atoms with Crippen LogP contribution in [-0.2, 0) is 27.7 Å². The average Bonchev–Trinajstić information content (AvgIpc) is 0.811. The van der Waals surface area contributed by atoms with Crippen molar-refractivity contribution in [3.05, 3.63) is 15.3 Å². The van der Waals surface area contributed by atoms with E-state index in [1.54, 1.807) is 0 Å². The molecule has 4 N–H and O–H groups in total. The van der Waals surface area contributed by atoms with E-state index >= 15 is 0 Å². The number of hydrogen-bond acceptors (Lipinski definition) is 3. The van der Waals surface area contributed by atoms with Gasteiger partial charge in [-0.25, -0.2) is 0 Å². The maximum absolute atomic E-state index is 8.25. The SMILES string of the molecule is O.O.O=[N+]([O-])[O-].[Hg+]. The van der Waals surface area contributed by atoms with Crippen LogP contribution in [0.25, 0.3) is 0 Å². The van der Waals surface area contributed by atoms with Gasteiger partial charge in [-0.05, 0) is 0 Å². The molecule has 0 bridgehead atoms. The van der Waals surface area contributed by atoms with Crippen LogP contribution in [0, 0.1) is 15.3 Å². The van der Waals surface area contributed by atoms with Gasteiger partial charge in [0.05, 0.1) is 5.09 Å². The molecule has 1 radical (unpaired) electrons. The van der Waals surface area contributed by atoms with Crippen LogP contribution in [-0.4, -0.2) is 16.0 Å². The Morgan fingerprint density at radius 1 is 1.14 bits per heavy atom. The second-order valence-corrected chi connectivity index (χ2v) is 0.224. The Hall–Kier alpha value is 0.0551. The number of rotatable bonds is 0. The second-order valence-electron chi connectivity index (χ2n) is 0.224. The van der Waals surface area contributed by atoms with Crippen LogP contribution < -0.4 is 0 Å². The zero-order valence-corrected chi connectivity index (χ0v) is 8.88. The van der Waals surface area contributed by atoms with E-state index in [0.717, 1.165) is 0 Å². The Labute approximate surface area is 59.4 Å². The first-order valence-corrected chi connectivity index (χ1v) is 0.548. The summed E-state index contributed by atoms with van der Waals surface area (Å²) in [4.78, 5) is 8.25. The van der Waals surface area contributed by atoms with E-state index in [1.165, 1.54) is 0 Å². The molecule has 0 unspecified atom stereocenters. The van der Waals surface area contributed by atoms with Gasteiger partial charge in [-0.1, -0.05) is 0 Å². The average molecular weight is 299 g/mol. The fraction of sp³-hybridized carbons (Fsp3) is 0. The van der Waals surface area contributed by atoms with Crippen molar-refractivity contribution in [2.24, 2.45) is 0 Å². The fourth-order valence-electron chi connectivity index (χ4n) is 0. The maximum Gasteiger partial charge on any atom is 1.00 e. The molecule has 0 aromatic rings. The largest absolute Gasteiger partial charge is 1.00 e. The van der Waals surface area contributed by atoms with E-state index in [4.69, 9.17) is 15.3 Å². The summed E-state index contributed by atoms with van der Waals surface area (Å²) in [6, 6.07) is 0. The van der Waals surface area contributed by atoms with Gasteiger partial charge in [0.25, 0.3) is 0 Å². The summed E-state index contributed by atoms with van der Waals surface area (Å²) in [6.45, 7) is 0. The van der Waals surface area contributed by atoms with E-state index in [0.29, 0.717) is 0 Å². The van der Waals surface area contributed by atoms with Crippen molar-refractivity contribution in [3.8, 4) is 0 Å². The van der Waals surface area contributed by atoms with Crippen molar-refractivity contribution in [3.63, 3.8) is 0 Å². The van der Waals surface area contributed by atoms with Crippen LogP contribution in [0.1, 0.15) is 0 Å². The van der Waals surface area contributed by atoms with E-state index in [1.807, 2.05) is 0 Å². The van der Waals surface area contributed by atoms with Crippen LogP contribution in [0.2, 0.25) is 0 Å². The van der Waals surface area contributed by atoms with Gasteiger partial charge in [0, 0.05) is 0 Å². The number of nitrogens with zero attached hydrogens (tertiary/aromatic N) is 1. The smallest absolute Gasteiger partial charge is 0.412 e. The molecule has 0 aromatic heterocycles. The second kappa shape index (κ2) is 16.6. The third kappa shape index (κ3) is 32800. The van der Waals surface area contributed by atoms with Gasteiger partial charge in [0.15, 0.2) is 0 Å². The molecule has 0 fully saturated rings. The van der Waals surface area contributed by atoms with Crippen LogP contribution in [0.3, 0.4) is 0 Å². The predicted octanol–water partition coefficient (Wildman–Crippen LogP) is -1.89. The summed E-state index contributed by atoms with van der Waals surface area (Å²) >= 11 is 0. The van der Waals surface area contributed by atoms with Gasteiger partial charge in [0.2, 0.25) is 0 Å². The summed E-state index contributed by atoms with van der Waals surface area (Å²) in [5.74, 6) is 0.